The summed E-state index contributed by atoms with van der Waals surface area (Å²) in [5.74, 6) is -4.96. The van der Waals surface area contributed by atoms with Crippen LogP contribution in [0.3, 0.4) is 0 Å². The van der Waals surface area contributed by atoms with Gasteiger partial charge in [0.15, 0.2) is 6.29 Å². The second-order valence-electron chi connectivity index (χ2n) is 8.97. The second kappa shape index (κ2) is 12.7. The molecule has 2 atom stereocenters. The van der Waals surface area contributed by atoms with E-state index in [0.717, 1.165) is 5.56 Å². The molecule has 1 saturated heterocycles. The summed E-state index contributed by atoms with van der Waals surface area (Å²) in [6, 6.07) is 14.0. The molecule has 206 valence electrons. The number of carboxylic acids is 2. The quantitative estimate of drug-likeness (QED) is 0.384. The van der Waals surface area contributed by atoms with Gasteiger partial charge in [-0.2, -0.15) is 0 Å². The molecule has 2 aliphatic heterocycles. The van der Waals surface area contributed by atoms with E-state index in [0.29, 0.717) is 13.2 Å². The minimum absolute atomic E-state index is 0.0214. The highest BCUT2D eigenvalue weighted by molar-refractivity contribution is 6.36. The van der Waals surface area contributed by atoms with Gasteiger partial charge in [0.25, 0.3) is 0 Å². The number of carbonyl (C=O) groups excluding carboxylic acids is 1. The Morgan fingerprint density at radius 1 is 1.00 bits per heavy atom. The first-order valence-electron chi connectivity index (χ1n) is 12.2. The van der Waals surface area contributed by atoms with Crippen molar-refractivity contribution in [3.63, 3.8) is 0 Å². The maximum absolute atomic E-state index is 13.0. The van der Waals surface area contributed by atoms with Crippen LogP contribution in [-0.4, -0.2) is 66.2 Å². The monoisotopic (exact) mass is 575 g/mol. The van der Waals surface area contributed by atoms with Crippen LogP contribution in [-0.2, 0) is 28.6 Å². The number of halogens is 2. The number of carbonyl (C=O) groups is 3. The van der Waals surface area contributed by atoms with Crippen LogP contribution in [0.5, 0.6) is 0 Å². The van der Waals surface area contributed by atoms with E-state index >= 15 is 0 Å². The minimum Gasteiger partial charge on any atom is -0.478 e. The largest absolute Gasteiger partial charge is 0.478 e. The molecule has 1 fully saturated rings. The lowest BCUT2D eigenvalue weighted by molar-refractivity contribution is -0.140. The number of hydrogen-bond donors (Lipinski definition) is 2. The summed E-state index contributed by atoms with van der Waals surface area (Å²) < 4.78 is 16.4. The third-order valence-electron chi connectivity index (χ3n) is 6.72. The Morgan fingerprint density at radius 3 is 2.21 bits per heavy atom. The molecule has 0 bridgehead atoms. The van der Waals surface area contributed by atoms with Crippen molar-refractivity contribution in [3.05, 3.63) is 92.7 Å². The molecule has 4 rings (SSSR count). The topological polar surface area (TPSA) is 123 Å². The van der Waals surface area contributed by atoms with E-state index in [1.54, 1.807) is 6.07 Å². The van der Waals surface area contributed by atoms with Crippen molar-refractivity contribution >= 4 is 41.1 Å². The van der Waals surface area contributed by atoms with Crippen LogP contribution in [0.4, 0.5) is 0 Å². The maximum atomic E-state index is 13.0. The molecule has 2 unspecified atom stereocenters. The summed E-state index contributed by atoms with van der Waals surface area (Å²) in [5, 5.41) is 21.0. The van der Waals surface area contributed by atoms with Crippen LogP contribution in [0.25, 0.3) is 0 Å². The first-order valence-corrected chi connectivity index (χ1v) is 12.9. The summed E-state index contributed by atoms with van der Waals surface area (Å²) in [4.78, 5) is 39.0. The number of allylic oxidation sites excluding steroid dienone is 1. The van der Waals surface area contributed by atoms with Gasteiger partial charge in [0.2, 0.25) is 0 Å². The molecule has 0 aliphatic carbocycles. The molecule has 2 N–H and O–H groups in total. The van der Waals surface area contributed by atoms with Gasteiger partial charge in [-0.1, -0.05) is 59.6 Å². The van der Waals surface area contributed by atoms with Crippen molar-refractivity contribution in [1.29, 1.82) is 0 Å². The van der Waals surface area contributed by atoms with Gasteiger partial charge in [0.1, 0.15) is 0 Å². The van der Waals surface area contributed by atoms with Crippen molar-refractivity contribution in [3.8, 4) is 0 Å². The Hall–Kier alpha value is -3.37. The lowest BCUT2D eigenvalue weighted by atomic mass is 9.79. The van der Waals surface area contributed by atoms with E-state index < -0.39 is 36.0 Å². The molecule has 2 aromatic rings. The number of nitrogens with zero attached hydrogens (tertiary/aromatic N) is 1. The highest BCUT2D eigenvalue weighted by Gasteiger charge is 2.42. The van der Waals surface area contributed by atoms with Gasteiger partial charge >= 0.3 is 17.9 Å². The third kappa shape index (κ3) is 6.28. The zero-order valence-electron chi connectivity index (χ0n) is 21.0. The number of ether oxygens (including phenoxy) is 3. The van der Waals surface area contributed by atoms with Gasteiger partial charge in [0, 0.05) is 40.0 Å². The Bertz CT molecular complexity index is 1280. The fourth-order valence-corrected chi connectivity index (χ4v) is 5.55. The molecule has 0 amide bonds. The predicted molar refractivity (Wildman–Crippen MR) is 142 cm³/mol. The summed E-state index contributed by atoms with van der Waals surface area (Å²) in [7, 11) is 1.24. The number of carboxylic acid groups (broad SMARTS) is 2. The smallest absolute Gasteiger partial charge is 0.334 e. The highest BCUT2D eigenvalue weighted by Crippen LogP contribution is 2.47. The van der Waals surface area contributed by atoms with Gasteiger partial charge in [-0.25, -0.2) is 9.59 Å². The molecule has 2 aromatic carbocycles. The zero-order valence-corrected chi connectivity index (χ0v) is 22.5. The predicted octanol–water partition coefficient (Wildman–Crippen LogP) is 4.81. The summed E-state index contributed by atoms with van der Waals surface area (Å²) >= 11 is 13.0. The first-order chi connectivity index (χ1) is 18.7. The van der Waals surface area contributed by atoms with E-state index in [-0.39, 0.29) is 51.8 Å². The zero-order chi connectivity index (χ0) is 28.1. The molecule has 0 aromatic heterocycles. The van der Waals surface area contributed by atoms with Crippen LogP contribution in [0.15, 0.2) is 71.6 Å². The standard InChI is InChI=1S/C28H27Cl2NO8/c1-37-22(32)10-11-31-15-18(26(33)34)23(24-19(29)8-5-9-20(24)30)25(27(35)36)21(31)14-17(28-38-12-13-39-28)16-6-3-2-4-7-16/h2-9,15,17,23,28H,10-14H2,1H3,(H,33,34)(H,35,36). The van der Waals surface area contributed by atoms with E-state index in [9.17, 15) is 24.6 Å². The molecule has 0 radical (unpaired) electrons. The van der Waals surface area contributed by atoms with Gasteiger partial charge in [-0.05, 0) is 24.1 Å². The van der Waals surface area contributed by atoms with Crippen molar-refractivity contribution < 1.29 is 38.8 Å². The number of benzene rings is 2. The average Bonchev–Trinajstić information content (AvgIpc) is 3.45. The fourth-order valence-electron chi connectivity index (χ4n) is 4.94. The molecule has 11 heteroatoms. The van der Waals surface area contributed by atoms with Crippen molar-refractivity contribution in [2.45, 2.75) is 31.0 Å². The van der Waals surface area contributed by atoms with Crippen LogP contribution in [0.1, 0.15) is 35.8 Å². The van der Waals surface area contributed by atoms with Crippen LogP contribution >= 0.6 is 23.2 Å². The minimum atomic E-state index is -1.35. The van der Waals surface area contributed by atoms with E-state index in [4.69, 9.17) is 37.4 Å². The summed E-state index contributed by atoms with van der Waals surface area (Å²) in [6.45, 7) is 0.740. The van der Waals surface area contributed by atoms with Crippen molar-refractivity contribution in [2.24, 2.45) is 0 Å². The Labute approximate surface area is 235 Å². The second-order valence-corrected chi connectivity index (χ2v) is 9.79. The third-order valence-corrected chi connectivity index (χ3v) is 7.38. The summed E-state index contributed by atoms with van der Waals surface area (Å²) in [5.41, 5.74) is 0.830. The average molecular weight is 576 g/mol. The number of rotatable bonds is 10. The highest BCUT2D eigenvalue weighted by atomic mass is 35.5. The van der Waals surface area contributed by atoms with Gasteiger partial charge in [0.05, 0.1) is 43.8 Å². The normalized spacial score (nSPS) is 18.6. The van der Waals surface area contributed by atoms with E-state index in [1.807, 2.05) is 30.3 Å². The molecule has 0 saturated carbocycles. The Kier molecular flexibility index (Phi) is 9.29. The van der Waals surface area contributed by atoms with Crippen LogP contribution < -0.4 is 0 Å². The number of hydrogen-bond acceptors (Lipinski definition) is 7. The van der Waals surface area contributed by atoms with Gasteiger partial charge < -0.3 is 29.3 Å². The van der Waals surface area contributed by atoms with Crippen LogP contribution in [0, 0.1) is 0 Å². The first kappa shape index (κ1) is 28.6. The molecule has 39 heavy (non-hydrogen) atoms. The number of aliphatic carboxylic acids is 2. The van der Waals surface area contributed by atoms with E-state index in [2.05, 4.69) is 0 Å². The number of esters is 1. The SMILES string of the molecule is COC(=O)CCN1C=C(C(=O)O)C(c2c(Cl)cccc2Cl)C(C(=O)O)=C1CC(c1ccccc1)C1OCCO1. The van der Waals surface area contributed by atoms with Gasteiger partial charge in [-0.3, -0.25) is 4.79 Å². The van der Waals surface area contributed by atoms with Crippen molar-refractivity contribution in [2.75, 3.05) is 26.9 Å². The maximum Gasteiger partial charge on any atom is 0.334 e. The van der Waals surface area contributed by atoms with E-state index in [1.165, 1.54) is 30.3 Å². The number of methoxy groups -OCH3 is 1. The molecule has 2 heterocycles. The molecule has 0 spiro atoms. The molecular weight excluding hydrogens is 549 g/mol. The Balaban J connectivity index is 1.92. The lowest BCUT2D eigenvalue weighted by Gasteiger charge is -2.37. The van der Waals surface area contributed by atoms with Gasteiger partial charge in [-0.15, -0.1) is 0 Å². The fraction of sp³-hybridized carbons (Fsp3) is 0.321. The lowest BCUT2D eigenvalue weighted by Crippen LogP contribution is -2.35. The molecule has 9 nitrogen and oxygen atoms in total. The Morgan fingerprint density at radius 2 is 1.64 bits per heavy atom. The molecule has 2 aliphatic rings. The van der Waals surface area contributed by atoms with Crippen LogP contribution in [0.2, 0.25) is 10.0 Å². The van der Waals surface area contributed by atoms with Crippen molar-refractivity contribution in [1.82, 2.24) is 4.90 Å². The summed E-state index contributed by atoms with van der Waals surface area (Å²) in [6.07, 6.45) is 0.666. The molecular formula is C28H27Cl2NO8.